The van der Waals surface area contributed by atoms with Gasteiger partial charge in [0.25, 0.3) is 0 Å². The molecule has 0 radical (unpaired) electrons. The smallest absolute Gasteiger partial charge is 0.131 e. The highest BCUT2D eigenvalue weighted by Crippen LogP contribution is 2.36. The van der Waals surface area contributed by atoms with E-state index in [1.165, 1.54) is 38.5 Å². The molecule has 3 rings (SSSR count). The molecule has 0 aromatic heterocycles. The Morgan fingerprint density at radius 2 is 1.38 bits per heavy atom. The first-order valence-corrected chi connectivity index (χ1v) is 14.4. The van der Waals surface area contributed by atoms with Gasteiger partial charge in [-0.3, -0.25) is 0 Å². The average Bonchev–Trinajstić information content (AvgIpc) is 3.60. The molecule has 2 unspecified atom stereocenters. The van der Waals surface area contributed by atoms with E-state index in [1.807, 2.05) is 19.1 Å². The van der Waals surface area contributed by atoms with Gasteiger partial charge in [0, 0.05) is 27.5 Å². The van der Waals surface area contributed by atoms with E-state index in [-0.39, 0.29) is 5.75 Å². The molecule has 0 heterocycles. The first-order chi connectivity index (χ1) is 17.9. The van der Waals surface area contributed by atoms with E-state index >= 15 is 0 Å². The second-order valence-electron chi connectivity index (χ2n) is 10.6. The molecule has 0 fully saturated rings. The molecule has 3 aromatic rings. The van der Waals surface area contributed by atoms with Gasteiger partial charge >= 0.3 is 0 Å². The molecule has 37 heavy (non-hydrogen) atoms. The lowest BCUT2D eigenvalue weighted by Crippen LogP contribution is -2.12. The Kier molecular flexibility index (Phi) is 10.7. The monoisotopic (exact) mass is 505 g/mol. The molecule has 0 saturated carbocycles. The van der Waals surface area contributed by atoms with Gasteiger partial charge in [0.1, 0.15) is 17.2 Å². The van der Waals surface area contributed by atoms with Crippen LogP contribution in [0, 0.1) is 25.7 Å². The molecule has 0 aliphatic carbocycles. The van der Waals surface area contributed by atoms with Crippen LogP contribution in [-0.2, 0) is 0 Å². The minimum atomic E-state index is 0.191. The lowest BCUT2D eigenvalue weighted by molar-refractivity contribution is 0.231. The van der Waals surface area contributed by atoms with E-state index in [1.54, 1.807) is 0 Å². The first kappa shape index (κ1) is 28.8. The van der Waals surface area contributed by atoms with Crippen molar-refractivity contribution in [2.75, 3.05) is 13.2 Å². The maximum atomic E-state index is 10.9. The SMILES string of the molecule is C=C(N=c1c2ccc(OCC(CC)CCCC)c(C)c12)c1ccc(OCC(CC)CCCC)c(C)c1O. The third kappa shape index (κ3) is 7.18. The summed E-state index contributed by atoms with van der Waals surface area (Å²) in [6.45, 7) is 18.5. The van der Waals surface area contributed by atoms with Gasteiger partial charge in [0.2, 0.25) is 0 Å². The largest absolute Gasteiger partial charge is 0.507 e. The third-order valence-electron chi connectivity index (χ3n) is 7.82. The molecule has 202 valence electrons. The molecular weight excluding hydrogens is 458 g/mol. The molecule has 0 amide bonds. The molecule has 0 aliphatic rings. The van der Waals surface area contributed by atoms with Gasteiger partial charge in [-0.1, -0.05) is 72.8 Å². The van der Waals surface area contributed by atoms with Crippen LogP contribution in [0.15, 0.2) is 35.8 Å². The Morgan fingerprint density at radius 1 is 0.838 bits per heavy atom. The number of aromatic hydroxyl groups is 1. The molecule has 0 bridgehead atoms. The van der Waals surface area contributed by atoms with E-state index in [2.05, 4.69) is 53.3 Å². The van der Waals surface area contributed by atoms with Gasteiger partial charge in [-0.15, -0.1) is 0 Å². The van der Waals surface area contributed by atoms with Crippen LogP contribution in [-0.4, -0.2) is 18.3 Å². The van der Waals surface area contributed by atoms with Gasteiger partial charge in [-0.2, -0.15) is 0 Å². The number of ether oxygens (including phenoxy) is 2. The topological polar surface area (TPSA) is 51.0 Å². The van der Waals surface area contributed by atoms with Crippen molar-refractivity contribution in [3.05, 3.63) is 52.9 Å². The number of hydrogen-bond acceptors (Lipinski definition) is 4. The van der Waals surface area contributed by atoms with Crippen LogP contribution in [0.3, 0.4) is 0 Å². The van der Waals surface area contributed by atoms with Crippen molar-refractivity contribution in [1.82, 2.24) is 0 Å². The first-order valence-electron chi connectivity index (χ1n) is 14.4. The summed E-state index contributed by atoms with van der Waals surface area (Å²) in [5, 5.41) is 14.2. The highest BCUT2D eigenvalue weighted by Gasteiger charge is 2.19. The normalized spacial score (nSPS) is 13.8. The molecule has 1 N–H and O–H groups in total. The lowest BCUT2D eigenvalue weighted by Gasteiger charge is -2.18. The minimum absolute atomic E-state index is 0.191. The van der Waals surface area contributed by atoms with Crippen LogP contribution >= 0.6 is 0 Å². The van der Waals surface area contributed by atoms with E-state index in [0.29, 0.717) is 29.7 Å². The Hall–Kier alpha value is -2.75. The summed E-state index contributed by atoms with van der Waals surface area (Å²) in [7, 11) is 0. The van der Waals surface area contributed by atoms with Crippen LogP contribution in [0.2, 0.25) is 0 Å². The van der Waals surface area contributed by atoms with Crippen LogP contribution in [0.5, 0.6) is 17.2 Å². The zero-order chi connectivity index (χ0) is 26.9. The van der Waals surface area contributed by atoms with Gasteiger partial charge in [-0.05, 0) is 62.8 Å². The fourth-order valence-electron chi connectivity index (χ4n) is 4.89. The molecule has 4 nitrogen and oxygen atoms in total. The number of phenols is 1. The summed E-state index contributed by atoms with van der Waals surface area (Å²) in [6.07, 6.45) is 9.53. The highest BCUT2D eigenvalue weighted by atomic mass is 16.5. The second-order valence-corrected chi connectivity index (χ2v) is 10.6. The van der Waals surface area contributed by atoms with Crippen LogP contribution < -0.4 is 14.8 Å². The number of rotatable bonds is 16. The van der Waals surface area contributed by atoms with E-state index in [9.17, 15) is 5.11 Å². The van der Waals surface area contributed by atoms with Crippen molar-refractivity contribution in [2.24, 2.45) is 16.8 Å². The summed E-state index contributed by atoms with van der Waals surface area (Å²) >= 11 is 0. The number of unbranched alkanes of at least 4 members (excludes halogenated alkanes) is 2. The molecule has 0 spiro atoms. The third-order valence-corrected chi connectivity index (χ3v) is 7.82. The number of benzene rings is 2. The molecule has 0 saturated heterocycles. The number of phenolic OH excluding ortho intramolecular Hbond substituents is 1. The highest BCUT2D eigenvalue weighted by molar-refractivity contribution is 6.01. The van der Waals surface area contributed by atoms with Gasteiger partial charge in [0.15, 0.2) is 0 Å². The van der Waals surface area contributed by atoms with Gasteiger partial charge < -0.3 is 14.6 Å². The van der Waals surface area contributed by atoms with Crippen LogP contribution in [0.4, 0.5) is 0 Å². The number of nitrogens with zero attached hydrogens (tertiary/aromatic N) is 1. The van der Waals surface area contributed by atoms with Crippen LogP contribution in [0.25, 0.3) is 16.5 Å². The van der Waals surface area contributed by atoms with E-state index in [0.717, 1.165) is 58.2 Å². The van der Waals surface area contributed by atoms with E-state index in [4.69, 9.17) is 14.5 Å². The van der Waals surface area contributed by atoms with E-state index < -0.39 is 0 Å². The zero-order valence-electron chi connectivity index (χ0n) is 24.0. The molecule has 2 atom stereocenters. The van der Waals surface area contributed by atoms with Crippen molar-refractivity contribution >= 4 is 16.5 Å². The van der Waals surface area contributed by atoms with Crippen molar-refractivity contribution in [2.45, 2.75) is 92.9 Å². The Bertz CT molecular complexity index is 1200. The fourth-order valence-corrected chi connectivity index (χ4v) is 4.89. The lowest BCUT2D eigenvalue weighted by atomic mass is 10.0. The van der Waals surface area contributed by atoms with Crippen LogP contribution in [0.1, 0.15) is 95.8 Å². The van der Waals surface area contributed by atoms with Gasteiger partial charge in [0.05, 0.1) is 24.3 Å². The van der Waals surface area contributed by atoms with Gasteiger partial charge in [-0.25, -0.2) is 4.99 Å². The number of aryl methyl sites for hydroxylation is 1. The predicted octanol–water partition coefficient (Wildman–Crippen LogP) is 8.80. The fraction of sp³-hybridized carbons (Fsp3) is 0.545. The molecular formula is C33H47NO3. The summed E-state index contributed by atoms with van der Waals surface area (Å²) in [6, 6.07) is 7.94. The summed E-state index contributed by atoms with van der Waals surface area (Å²) < 4.78 is 12.3. The van der Waals surface area contributed by atoms with Crippen molar-refractivity contribution in [1.29, 1.82) is 0 Å². The predicted molar refractivity (Wildman–Crippen MR) is 156 cm³/mol. The second kappa shape index (κ2) is 13.7. The number of hydrogen-bond donors (Lipinski definition) is 1. The Labute approximate surface area is 224 Å². The Balaban J connectivity index is 1.72. The van der Waals surface area contributed by atoms with Crippen molar-refractivity contribution in [3.63, 3.8) is 0 Å². The summed E-state index contributed by atoms with van der Waals surface area (Å²) in [4.78, 5) is 4.80. The van der Waals surface area contributed by atoms with Crippen molar-refractivity contribution < 1.29 is 14.6 Å². The summed E-state index contributed by atoms with van der Waals surface area (Å²) in [5.74, 6) is 3.00. The quantitative estimate of drug-likeness (QED) is 0.212. The van der Waals surface area contributed by atoms with Crippen molar-refractivity contribution in [3.8, 4) is 17.2 Å². The minimum Gasteiger partial charge on any atom is -0.507 e. The number of fused-ring (bicyclic) bond motifs is 1. The maximum Gasteiger partial charge on any atom is 0.131 e. The molecule has 0 aliphatic heterocycles. The molecule has 4 heteroatoms. The standard InChI is InChI=1S/C33H47NO3/c1-8-12-14-25(10-3)20-36-29-19-17-28-31(22(29)5)32(28)34-24(7)27-16-18-30(23(6)33(27)35)37-21-26(11-4)15-13-9-2/h16-19,25-26,35H,7-15,20-21H2,1-6H3. The summed E-state index contributed by atoms with van der Waals surface area (Å²) in [5.41, 5.74) is 3.06. The average molecular weight is 506 g/mol. The zero-order valence-corrected chi connectivity index (χ0v) is 24.0. The maximum absolute atomic E-state index is 10.9. The Morgan fingerprint density at radius 3 is 1.92 bits per heavy atom. The molecule has 3 aromatic carbocycles.